The Morgan fingerprint density at radius 2 is 3.20 bits per heavy atom. The van der Waals surface area contributed by atoms with Gasteiger partial charge in [0, 0.05) is 0 Å². The maximum atomic E-state index is 6.53. The largest absolute Gasteiger partial charge is 0.303 e. The molecule has 0 aliphatic carbocycles. The minimum atomic E-state index is -0.110. The predicted molar refractivity (Wildman–Crippen MR) is 16.4 cm³/mol. The molecule has 0 heterocycles. The second kappa shape index (κ2) is 3.16. The van der Waals surface area contributed by atoms with Crippen molar-refractivity contribution in [3.8, 4) is 0 Å². The van der Waals surface area contributed by atoms with Crippen molar-refractivity contribution in [2.45, 2.75) is 0 Å². The third kappa shape index (κ3) is 3.16. The maximum absolute atomic E-state index is 6.53. The molecule has 5 heteroatoms. The van der Waals surface area contributed by atoms with E-state index in [1.807, 2.05) is 0 Å². The van der Waals surface area contributed by atoms with Crippen molar-refractivity contribution in [2.24, 2.45) is 22.1 Å². The fourth-order valence-electron chi connectivity index (χ4n) is 0.0200. The number of hydrazine groups is 1. The van der Waals surface area contributed by atoms with Crippen LogP contribution in [0.25, 0.3) is 0 Å². The second-order valence-corrected chi connectivity index (χ2v) is 0.279. The van der Waals surface area contributed by atoms with Gasteiger partial charge < -0.3 is 5.84 Å². The fraction of sp³-hybridized carbons (Fsp3) is 0. The van der Waals surface area contributed by atoms with Crippen LogP contribution in [0.3, 0.4) is 0 Å². The van der Waals surface area contributed by atoms with Crippen molar-refractivity contribution in [3.63, 3.8) is 0 Å². The number of hydrogen-bond donors (Lipinski definition) is 3. The van der Waals surface area contributed by atoms with Gasteiger partial charge >= 0.3 is 0 Å². The topological polar surface area (TPSA) is 88.8 Å². The highest BCUT2D eigenvalue weighted by molar-refractivity contribution is 3.90. The predicted octanol–water partition coefficient (Wildman–Crippen LogP) is -1.31. The van der Waals surface area contributed by atoms with Crippen LogP contribution in [0.1, 0.15) is 0 Å². The van der Waals surface area contributed by atoms with Crippen molar-refractivity contribution in [3.05, 3.63) is 0 Å². The second-order valence-electron chi connectivity index (χ2n) is 0.279. The van der Waals surface area contributed by atoms with Crippen LogP contribution in [0.2, 0.25) is 5.65 Å². The Hall–Kier alpha value is -0.840. The first-order valence-electron chi connectivity index (χ1n) is 2.67. The zero-order valence-corrected chi connectivity index (χ0v) is 2.29. The van der Waals surface area contributed by atoms with Crippen molar-refractivity contribution < 1.29 is 5.65 Å². The summed E-state index contributed by atoms with van der Waals surface area (Å²) in [5.41, 5.74) is 0.0710. The Kier molecular flexibility index (Phi) is 0.512. The van der Waals surface area contributed by atoms with E-state index in [0.717, 1.165) is 0 Å². The molecule has 0 bridgehead atoms. The van der Waals surface area contributed by atoms with Crippen LogP contribution < -0.4 is 17.2 Å². The Morgan fingerprint density at radius 1 is 2.20 bits per heavy atom. The zero-order valence-electron chi connectivity index (χ0n) is 6.29. The molecule has 0 rings (SSSR count). The summed E-state index contributed by atoms with van der Waals surface area (Å²) in [4.78, 5) is 0. The molecule has 0 saturated heterocycles. The van der Waals surface area contributed by atoms with Crippen LogP contribution in [-0.2, 0) is 0 Å². The molecule has 0 unspecified atom stereocenters. The maximum Gasteiger partial charge on any atom is 0.207 e. The van der Waals surface area contributed by atoms with Gasteiger partial charge in [-0.2, -0.15) is 0 Å². The van der Waals surface area contributed by atoms with E-state index >= 15 is 0 Å². The molecule has 0 aromatic carbocycles. The van der Waals surface area contributed by atoms with E-state index in [1.54, 1.807) is 0 Å². The monoisotopic (exact) mass is 79.1 g/mol. The minimum absolute atomic E-state index is 0.0710. The summed E-state index contributed by atoms with van der Waals surface area (Å²) >= 11 is 0. The molecular formula is H5N5. The molecule has 0 fully saturated rings. The van der Waals surface area contributed by atoms with Gasteiger partial charge in [-0.15, -0.1) is 0 Å². The first-order chi connectivity index (χ1) is 4.18. The summed E-state index contributed by atoms with van der Waals surface area (Å²) in [6.45, 7) is 0. The first kappa shape index (κ1) is 0.810. The number of nitrogens with one attached hydrogen (secondary N) is 1. The first-order valence-corrected chi connectivity index (χ1v) is 0.824. The van der Waals surface area contributed by atoms with Crippen molar-refractivity contribution >= 4 is 0 Å². The molecule has 0 aliphatic heterocycles. The van der Waals surface area contributed by atoms with Gasteiger partial charge in [-0.25, -0.2) is 11.4 Å². The number of nitrogens with zero attached hydrogens (tertiary/aromatic N) is 2. The highest BCUT2D eigenvalue weighted by atomic mass is 15.6. The third-order valence-electron chi connectivity index (χ3n) is 0.0847. The lowest BCUT2D eigenvalue weighted by molar-refractivity contribution is 0.719. The summed E-state index contributed by atoms with van der Waals surface area (Å²) < 4.78 is 25.4. The molecule has 0 radical (unpaired) electrons. The molecular weight excluding hydrogens is 70.0 g/mol. The van der Waals surface area contributed by atoms with Gasteiger partial charge in [0.2, 0.25) is 1.41 Å². The molecule has 30 valence electrons. The van der Waals surface area contributed by atoms with Crippen molar-refractivity contribution in [1.82, 2.24) is 5.53 Å². The van der Waals surface area contributed by atoms with Gasteiger partial charge in [0.25, 0.3) is 0 Å². The van der Waals surface area contributed by atoms with Gasteiger partial charge in [-0.05, 0) is 5.22 Å². The van der Waals surface area contributed by atoms with Gasteiger partial charge in [0.05, 0.1) is 0 Å². The van der Waals surface area contributed by atoms with Gasteiger partial charge in [0.1, 0.15) is 2.82 Å². The minimum Gasteiger partial charge on any atom is -0.303 e. The molecule has 0 saturated carbocycles. The van der Waals surface area contributed by atoms with Gasteiger partial charge in [-0.3, -0.25) is 0 Å². The van der Waals surface area contributed by atoms with E-state index in [9.17, 15) is 0 Å². The van der Waals surface area contributed by atoms with Crippen LogP contribution >= 0.6 is 0 Å². The quantitative estimate of drug-likeness (QED) is 0.223. The van der Waals surface area contributed by atoms with E-state index in [2.05, 4.69) is 10.4 Å². The Morgan fingerprint density at radius 3 is 3.80 bits per heavy atom. The number of rotatable bonds is 3. The normalized spacial score (nSPS) is 20.2. The average Bonchev–Trinajstić information content (AvgIpc) is 1.82. The molecule has 0 spiro atoms. The molecule has 5 nitrogen and oxygen atoms in total. The van der Waals surface area contributed by atoms with E-state index in [-0.39, 0.29) is 11.4 Å². The number of hydrogen-bond acceptors (Lipinski definition) is 3. The average molecular weight is 79.1 g/mol. The lowest BCUT2D eigenvalue weighted by atomic mass is 12.4. The summed E-state index contributed by atoms with van der Waals surface area (Å²) in [7, 11) is 0. The SMILES string of the molecule is [2H]N/N=N/N([2H])N([2H])[2H]. The highest BCUT2D eigenvalue weighted by Gasteiger charge is 1.44. The standard InChI is InChI=1S/H5N5/c1-3-5-4-2/h(H,3,4)(H4,1,2,5)/i/hD4. The smallest absolute Gasteiger partial charge is 0.207 e. The lowest BCUT2D eigenvalue weighted by Gasteiger charge is -1.73. The van der Waals surface area contributed by atoms with E-state index in [4.69, 9.17) is 5.65 Å². The summed E-state index contributed by atoms with van der Waals surface area (Å²) in [5.74, 6) is 1.40. The van der Waals surface area contributed by atoms with Crippen LogP contribution in [0.5, 0.6) is 0 Å². The van der Waals surface area contributed by atoms with Crippen molar-refractivity contribution in [1.29, 1.82) is 0 Å². The third-order valence-corrected chi connectivity index (χ3v) is 0.0847. The van der Waals surface area contributed by atoms with Crippen LogP contribution in [0.15, 0.2) is 10.4 Å². The number of nitrogens with two attached hydrogens (primary N) is 2. The Balaban J connectivity index is 3.48. The highest BCUT2D eigenvalue weighted by Crippen LogP contribution is 1.40. The Labute approximate surface area is 34.8 Å². The zero-order chi connectivity index (χ0) is 7.28. The van der Waals surface area contributed by atoms with E-state index in [0.29, 0.717) is 0 Å². The Bertz CT molecular complexity index is 89.0. The van der Waals surface area contributed by atoms with Crippen LogP contribution in [-0.4, -0.2) is 0 Å². The van der Waals surface area contributed by atoms with E-state index in [1.165, 1.54) is 5.84 Å². The fourth-order valence-corrected chi connectivity index (χ4v) is 0.0200. The molecule has 0 amide bonds. The van der Waals surface area contributed by atoms with Crippen LogP contribution in [0.4, 0.5) is 0 Å². The summed E-state index contributed by atoms with van der Waals surface area (Å²) in [6.07, 6.45) is 0. The van der Waals surface area contributed by atoms with Crippen molar-refractivity contribution in [2.75, 3.05) is 0 Å². The molecule has 0 aromatic rings. The molecule has 5 N–H and O–H groups in total. The molecule has 5 heavy (non-hydrogen) atoms. The van der Waals surface area contributed by atoms with Crippen LogP contribution in [0, 0.1) is 0 Å². The molecule has 0 aliphatic rings. The molecule has 0 aromatic heterocycles. The summed E-state index contributed by atoms with van der Waals surface area (Å²) in [5, 5.41) is 5.61. The van der Waals surface area contributed by atoms with Gasteiger partial charge in [-0.1, -0.05) is 5.22 Å². The van der Waals surface area contributed by atoms with Gasteiger partial charge in [0.15, 0.2) is 1.41 Å². The summed E-state index contributed by atoms with van der Waals surface area (Å²) in [6, 6.07) is 0. The lowest BCUT2D eigenvalue weighted by Crippen LogP contribution is -2.12. The van der Waals surface area contributed by atoms with E-state index < -0.39 is 0 Å². The molecule has 0 atom stereocenters.